The molecule has 0 aliphatic carbocycles. The summed E-state index contributed by atoms with van der Waals surface area (Å²) in [6.07, 6.45) is 2.90. The fourth-order valence-electron chi connectivity index (χ4n) is 3.10. The molecule has 0 aliphatic heterocycles. The molecule has 0 radical (unpaired) electrons. The van der Waals surface area contributed by atoms with Crippen LogP contribution in [0.2, 0.25) is 0 Å². The van der Waals surface area contributed by atoms with Crippen LogP contribution >= 0.6 is 0 Å². The predicted octanol–water partition coefficient (Wildman–Crippen LogP) is 3.42. The van der Waals surface area contributed by atoms with Crippen molar-refractivity contribution >= 4 is 21.1 Å². The predicted molar refractivity (Wildman–Crippen MR) is 98.4 cm³/mol. The fraction of sp³-hybridized carbons (Fsp3) is 0.105. The minimum Gasteiger partial charge on any atom is -0.361 e. The fourth-order valence-corrected chi connectivity index (χ4v) is 4.47. The van der Waals surface area contributed by atoms with Gasteiger partial charge in [-0.1, -0.05) is 23.4 Å². The topological polar surface area (TPSA) is 102 Å². The maximum Gasteiger partial charge on any atom is 0.268 e. The van der Waals surface area contributed by atoms with Gasteiger partial charge < -0.3 is 4.52 Å². The molecule has 0 aliphatic rings. The quantitative estimate of drug-likeness (QED) is 0.541. The van der Waals surface area contributed by atoms with Crippen LogP contribution in [0.15, 0.2) is 58.2 Å². The van der Waals surface area contributed by atoms with E-state index >= 15 is 0 Å². The first-order chi connectivity index (χ1) is 12.9. The lowest BCUT2D eigenvalue weighted by Gasteiger charge is -2.08. The van der Waals surface area contributed by atoms with Crippen LogP contribution in [0, 0.1) is 25.2 Å². The second-order valence-electron chi connectivity index (χ2n) is 6.06. The number of pyridine rings is 1. The molecule has 4 rings (SSSR count). The van der Waals surface area contributed by atoms with Gasteiger partial charge in [0.25, 0.3) is 10.0 Å². The van der Waals surface area contributed by atoms with Crippen LogP contribution in [0.5, 0.6) is 0 Å². The molecule has 134 valence electrons. The molecule has 27 heavy (non-hydrogen) atoms. The lowest BCUT2D eigenvalue weighted by Crippen LogP contribution is -2.11. The zero-order chi connectivity index (χ0) is 19.2. The highest BCUT2D eigenvalue weighted by molar-refractivity contribution is 7.90. The van der Waals surface area contributed by atoms with Gasteiger partial charge in [0.05, 0.1) is 21.7 Å². The van der Waals surface area contributed by atoms with Crippen molar-refractivity contribution in [3.63, 3.8) is 0 Å². The Balaban J connectivity index is 2.02. The minimum absolute atomic E-state index is 0.133. The molecule has 0 N–H and O–H groups in total. The van der Waals surface area contributed by atoms with Crippen molar-refractivity contribution in [2.45, 2.75) is 18.7 Å². The summed E-state index contributed by atoms with van der Waals surface area (Å²) in [6.45, 7) is 3.58. The summed E-state index contributed by atoms with van der Waals surface area (Å²) in [7, 11) is -3.87. The second kappa shape index (κ2) is 6.07. The summed E-state index contributed by atoms with van der Waals surface area (Å²) in [6, 6.07) is 11.8. The molecule has 0 atom stereocenters. The average Bonchev–Trinajstić information content (AvgIpc) is 3.22. The summed E-state index contributed by atoms with van der Waals surface area (Å²) >= 11 is 0. The Morgan fingerprint density at radius 3 is 2.56 bits per heavy atom. The van der Waals surface area contributed by atoms with E-state index in [1.54, 1.807) is 44.3 Å². The first-order valence-corrected chi connectivity index (χ1v) is 9.52. The van der Waals surface area contributed by atoms with Gasteiger partial charge in [-0.05, 0) is 32.0 Å². The summed E-state index contributed by atoms with van der Waals surface area (Å²) in [5, 5.41) is 13.3. The van der Waals surface area contributed by atoms with Crippen LogP contribution in [0.25, 0.3) is 22.2 Å². The summed E-state index contributed by atoms with van der Waals surface area (Å²) in [4.78, 5) is 4.47. The molecule has 0 bridgehead atoms. The first-order valence-electron chi connectivity index (χ1n) is 8.08. The maximum atomic E-state index is 13.1. The van der Waals surface area contributed by atoms with Gasteiger partial charge in [-0.25, -0.2) is 12.4 Å². The number of nitriles is 1. The molecule has 7 nitrogen and oxygen atoms in total. The smallest absolute Gasteiger partial charge is 0.268 e. The number of rotatable bonds is 3. The Labute approximate surface area is 155 Å². The Hall–Kier alpha value is -3.44. The molecule has 0 amide bonds. The van der Waals surface area contributed by atoms with Crippen LogP contribution in [-0.2, 0) is 10.0 Å². The van der Waals surface area contributed by atoms with Crippen LogP contribution in [0.1, 0.15) is 17.0 Å². The molecule has 0 saturated heterocycles. The molecule has 0 saturated carbocycles. The van der Waals surface area contributed by atoms with E-state index in [-0.39, 0.29) is 10.5 Å². The van der Waals surface area contributed by atoms with E-state index in [9.17, 15) is 13.7 Å². The van der Waals surface area contributed by atoms with E-state index in [0.29, 0.717) is 28.1 Å². The number of fused-ring (bicyclic) bond motifs is 1. The van der Waals surface area contributed by atoms with Crippen LogP contribution in [-0.4, -0.2) is 22.5 Å². The van der Waals surface area contributed by atoms with E-state index in [1.165, 1.54) is 18.3 Å². The Morgan fingerprint density at radius 2 is 1.93 bits per heavy atom. The molecular weight excluding hydrogens is 364 g/mol. The average molecular weight is 378 g/mol. The van der Waals surface area contributed by atoms with Gasteiger partial charge in [-0.15, -0.1) is 0 Å². The van der Waals surface area contributed by atoms with Crippen molar-refractivity contribution in [1.29, 1.82) is 5.26 Å². The molecule has 0 unspecified atom stereocenters. The van der Waals surface area contributed by atoms with E-state index in [2.05, 4.69) is 10.1 Å². The number of hydrogen-bond acceptors (Lipinski definition) is 6. The number of benzene rings is 1. The van der Waals surface area contributed by atoms with E-state index < -0.39 is 10.0 Å². The monoisotopic (exact) mass is 378 g/mol. The van der Waals surface area contributed by atoms with Crippen molar-refractivity contribution in [2.75, 3.05) is 0 Å². The molecule has 0 fully saturated rings. The molecule has 8 heteroatoms. The van der Waals surface area contributed by atoms with E-state index in [1.807, 2.05) is 6.07 Å². The van der Waals surface area contributed by atoms with Gasteiger partial charge >= 0.3 is 0 Å². The van der Waals surface area contributed by atoms with Crippen molar-refractivity contribution in [2.24, 2.45) is 0 Å². The molecule has 4 aromatic rings. The van der Waals surface area contributed by atoms with Crippen LogP contribution < -0.4 is 0 Å². The lowest BCUT2D eigenvalue weighted by atomic mass is 10.1. The highest BCUT2D eigenvalue weighted by Gasteiger charge is 2.23. The Morgan fingerprint density at radius 1 is 1.19 bits per heavy atom. The van der Waals surface area contributed by atoms with Gasteiger partial charge in [-0.2, -0.15) is 5.26 Å². The van der Waals surface area contributed by atoms with Crippen LogP contribution in [0.4, 0.5) is 0 Å². The van der Waals surface area contributed by atoms with E-state index in [0.717, 1.165) is 9.54 Å². The molecule has 0 spiro atoms. The zero-order valence-corrected chi connectivity index (χ0v) is 15.4. The standard InChI is InChI=1S/C19H14N4O3S/c1-12-18(13(2)26-22-12)14-8-17-19(21-10-14)15(9-20)11-23(17)27(24,25)16-6-4-3-5-7-16/h3-8,10-11H,1-2H3. The Bertz CT molecular complexity index is 1290. The number of aromatic nitrogens is 3. The third-order valence-electron chi connectivity index (χ3n) is 4.35. The number of aryl methyl sites for hydroxylation is 2. The normalized spacial score (nSPS) is 11.6. The molecule has 3 heterocycles. The lowest BCUT2D eigenvalue weighted by molar-refractivity contribution is 0.393. The largest absolute Gasteiger partial charge is 0.361 e. The van der Waals surface area contributed by atoms with E-state index in [4.69, 9.17) is 4.52 Å². The van der Waals surface area contributed by atoms with Gasteiger partial charge in [-0.3, -0.25) is 4.98 Å². The van der Waals surface area contributed by atoms with Gasteiger partial charge in [0, 0.05) is 23.5 Å². The van der Waals surface area contributed by atoms with Crippen molar-refractivity contribution in [1.82, 2.24) is 14.1 Å². The third-order valence-corrected chi connectivity index (χ3v) is 6.04. The second-order valence-corrected chi connectivity index (χ2v) is 7.87. The zero-order valence-electron chi connectivity index (χ0n) is 14.5. The highest BCUT2D eigenvalue weighted by Crippen LogP contribution is 2.31. The van der Waals surface area contributed by atoms with Crippen LogP contribution in [0.3, 0.4) is 0 Å². The van der Waals surface area contributed by atoms with Crippen molar-refractivity contribution in [3.05, 3.63) is 65.8 Å². The summed E-state index contributed by atoms with van der Waals surface area (Å²) in [5.41, 5.74) is 2.95. The summed E-state index contributed by atoms with van der Waals surface area (Å²) < 4.78 is 32.5. The maximum absolute atomic E-state index is 13.1. The Kier molecular flexibility index (Phi) is 3.82. The van der Waals surface area contributed by atoms with Gasteiger partial charge in [0.2, 0.25) is 0 Å². The third kappa shape index (κ3) is 2.60. The van der Waals surface area contributed by atoms with Crippen molar-refractivity contribution < 1.29 is 12.9 Å². The number of nitrogens with zero attached hydrogens (tertiary/aromatic N) is 4. The first kappa shape index (κ1) is 17.0. The molecular formula is C19H14N4O3S. The molecule has 3 aromatic heterocycles. The van der Waals surface area contributed by atoms with Crippen molar-refractivity contribution in [3.8, 4) is 17.2 Å². The number of hydrogen-bond donors (Lipinski definition) is 0. The molecule has 1 aromatic carbocycles. The van der Waals surface area contributed by atoms with Gasteiger partial charge in [0.1, 0.15) is 17.3 Å². The minimum atomic E-state index is -3.87. The summed E-state index contributed by atoms with van der Waals surface area (Å²) in [5.74, 6) is 0.609. The highest BCUT2D eigenvalue weighted by atomic mass is 32.2. The van der Waals surface area contributed by atoms with Gasteiger partial charge in [0.15, 0.2) is 0 Å². The SMILES string of the molecule is Cc1noc(C)c1-c1cnc2c(C#N)cn(S(=O)(=O)c3ccccc3)c2c1.